The summed E-state index contributed by atoms with van der Waals surface area (Å²) in [6, 6.07) is 16.7. The summed E-state index contributed by atoms with van der Waals surface area (Å²) in [6.45, 7) is 0. The van der Waals surface area contributed by atoms with Crippen molar-refractivity contribution in [3.05, 3.63) is 96.7 Å². The van der Waals surface area contributed by atoms with Crippen LogP contribution in [0.25, 0.3) is 10.5 Å². The molecule has 1 aliphatic rings. The molecule has 0 atom stereocenters. The first-order chi connectivity index (χ1) is 14.0. The second-order valence-corrected chi connectivity index (χ2v) is 7.69. The predicted octanol–water partition coefficient (Wildman–Crippen LogP) is 0.996. The predicted molar refractivity (Wildman–Crippen MR) is 110 cm³/mol. The standard InChI is InChI=1S/C21H14N4O3S/c1-24-15-10-6-5-9-13(15)16(19(24)27)17-20(28)25-21(29-17)22-18(26)14(23-25)11-12-7-3-2-4-8-12/h2-10H,11H2,1H3/b17-16-. The average Bonchev–Trinajstić information content (AvgIpc) is 3.17. The number of carbonyl (C=O) groups is 1. The van der Waals surface area contributed by atoms with Crippen LogP contribution in [0.1, 0.15) is 16.8 Å². The minimum Gasteiger partial charge on any atom is -0.311 e. The largest absolute Gasteiger partial charge is 0.311 e. The van der Waals surface area contributed by atoms with Crippen molar-refractivity contribution in [3.8, 4) is 0 Å². The molecule has 0 fully saturated rings. The van der Waals surface area contributed by atoms with Crippen LogP contribution in [0.4, 0.5) is 5.69 Å². The first-order valence-electron chi connectivity index (χ1n) is 8.93. The number of fused-ring (bicyclic) bond motifs is 2. The highest BCUT2D eigenvalue weighted by molar-refractivity contribution is 7.15. The maximum absolute atomic E-state index is 13.1. The van der Waals surface area contributed by atoms with E-state index in [4.69, 9.17) is 0 Å². The fourth-order valence-corrected chi connectivity index (χ4v) is 4.48. The quantitative estimate of drug-likeness (QED) is 0.499. The average molecular weight is 402 g/mol. The molecule has 0 radical (unpaired) electrons. The molecule has 29 heavy (non-hydrogen) atoms. The number of hydrogen-bond donors (Lipinski definition) is 0. The lowest BCUT2D eigenvalue weighted by Gasteiger charge is -2.07. The molecule has 2 aromatic carbocycles. The number of thiazole rings is 1. The van der Waals surface area contributed by atoms with E-state index < -0.39 is 11.1 Å². The van der Waals surface area contributed by atoms with Gasteiger partial charge in [-0.05, 0) is 11.6 Å². The van der Waals surface area contributed by atoms with Crippen molar-refractivity contribution in [1.29, 1.82) is 0 Å². The van der Waals surface area contributed by atoms with E-state index >= 15 is 0 Å². The molecule has 0 spiro atoms. The third-order valence-electron chi connectivity index (χ3n) is 4.92. The van der Waals surface area contributed by atoms with Gasteiger partial charge in [0.2, 0.25) is 4.96 Å². The molecule has 8 heteroatoms. The smallest absolute Gasteiger partial charge is 0.296 e. The number of rotatable bonds is 2. The number of anilines is 1. The molecule has 1 aliphatic heterocycles. The molecule has 2 aromatic heterocycles. The number of carbonyl (C=O) groups excluding carboxylic acids is 1. The van der Waals surface area contributed by atoms with Gasteiger partial charge in [0.05, 0.1) is 11.3 Å². The first kappa shape index (κ1) is 17.4. The van der Waals surface area contributed by atoms with Gasteiger partial charge in [-0.25, -0.2) is 0 Å². The molecule has 142 valence electrons. The molecule has 0 bridgehead atoms. The molecule has 0 saturated heterocycles. The maximum Gasteiger partial charge on any atom is 0.296 e. The lowest BCUT2D eigenvalue weighted by Crippen LogP contribution is -2.32. The zero-order chi connectivity index (χ0) is 20.1. The maximum atomic E-state index is 13.1. The molecule has 0 unspecified atom stereocenters. The van der Waals surface area contributed by atoms with Gasteiger partial charge in [0.15, 0.2) is 0 Å². The van der Waals surface area contributed by atoms with Crippen molar-refractivity contribution in [2.75, 3.05) is 11.9 Å². The monoisotopic (exact) mass is 402 g/mol. The lowest BCUT2D eigenvalue weighted by atomic mass is 10.1. The number of nitrogens with zero attached hydrogens (tertiary/aromatic N) is 4. The minimum absolute atomic E-state index is 0.180. The number of para-hydroxylation sites is 1. The van der Waals surface area contributed by atoms with Crippen LogP contribution in [0.5, 0.6) is 0 Å². The van der Waals surface area contributed by atoms with E-state index in [0.717, 1.165) is 27.1 Å². The Hall–Kier alpha value is -3.65. The van der Waals surface area contributed by atoms with Crippen molar-refractivity contribution < 1.29 is 4.79 Å². The molecule has 4 aromatic rings. The van der Waals surface area contributed by atoms with E-state index in [1.54, 1.807) is 13.1 Å². The van der Waals surface area contributed by atoms with Crippen molar-refractivity contribution >= 4 is 33.5 Å². The Bertz CT molecular complexity index is 1460. The zero-order valence-corrected chi connectivity index (χ0v) is 16.1. The lowest BCUT2D eigenvalue weighted by molar-refractivity contribution is -0.112. The van der Waals surface area contributed by atoms with Gasteiger partial charge in [0.25, 0.3) is 17.0 Å². The minimum atomic E-state index is -0.470. The number of benzene rings is 2. The molecule has 0 aliphatic carbocycles. The molecule has 7 nitrogen and oxygen atoms in total. The molecule has 5 rings (SSSR count). The Labute approximate surface area is 168 Å². The summed E-state index contributed by atoms with van der Waals surface area (Å²) >= 11 is 1.01. The highest BCUT2D eigenvalue weighted by atomic mass is 32.1. The van der Waals surface area contributed by atoms with E-state index in [0.29, 0.717) is 11.1 Å². The van der Waals surface area contributed by atoms with Gasteiger partial charge in [-0.3, -0.25) is 14.4 Å². The summed E-state index contributed by atoms with van der Waals surface area (Å²) < 4.78 is 1.36. The Morgan fingerprint density at radius 1 is 0.966 bits per heavy atom. The van der Waals surface area contributed by atoms with Gasteiger partial charge >= 0.3 is 0 Å². The number of amides is 1. The second-order valence-electron chi connectivity index (χ2n) is 6.71. The fourth-order valence-electron chi connectivity index (χ4n) is 3.48. The number of aromatic nitrogens is 3. The van der Waals surface area contributed by atoms with Crippen LogP contribution in [0, 0.1) is 0 Å². The van der Waals surface area contributed by atoms with E-state index in [-0.39, 0.29) is 27.5 Å². The van der Waals surface area contributed by atoms with Crippen molar-refractivity contribution in [2.45, 2.75) is 6.42 Å². The van der Waals surface area contributed by atoms with Crippen molar-refractivity contribution in [2.24, 2.45) is 0 Å². The Morgan fingerprint density at radius 3 is 2.48 bits per heavy atom. The van der Waals surface area contributed by atoms with Crippen molar-refractivity contribution in [3.63, 3.8) is 0 Å². The highest BCUT2D eigenvalue weighted by Crippen LogP contribution is 2.33. The van der Waals surface area contributed by atoms with E-state index in [9.17, 15) is 14.4 Å². The number of likely N-dealkylation sites (N-methyl/N-ethyl adjacent to an activating group) is 1. The van der Waals surface area contributed by atoms with Crippen LogP contribution < -0.4 is 20.6 Å². The summed E-state index contributed by atoms with van der Waals surface area (Å²) in [5, 5.41) is 4.26. The Balaban J connectivity index is 1.75. The third kappa shape index (κ3) is 2.68. The zero-order valence-electron chi connectivity index (χ0n) is 15.3. The Morgan fingerprint density at radius 2 is 1.69 bits per heavy atom. The van der Waals surface area contributed by atoms with Gasteiger partial charge in [0.1, 0.15) is 10.2 Å². The number of hydrogen-bond acceptors (Lipinski definition) is 6. The van der Waals surface area contributed by atoms with Crippen LogP contribution in [0.15, 0.2) is 64.2 Å². The molecular formula is C21H14N4O3S. The molecule has 1 amide bonds. The van der Waals surface area contributed by atoms with Gasteiger partial charge < -0.3 is 4.90 Å². The summed E-state index contributed by atoms with van der Waals surface area (Å²) in [6.07, 6.45) is 0.279. The van der Waals surface area contributed by atoms with Gasteiger partial charge in [-0.15, -0.1) is 0 Å². The fraction of sp³-hybridized carbons (Fsp3) is 0.0952. The summed E-state index contributed by atoms with van der Waals surface area (Å²) in [7, 11) is 1.67. The van der Waals surface area contributed by atoms with Crippen LogP contribution in [0.3, 0.4) is 0 Å². The summed E-state index contributed by atoms with van der Waals surface area (Å²) in [5.74, 6) is -0.262. The van der Waals surface area contributed by atoms with Gasteiger partial charge in [-0.1, -0.05) is 59.9 Å². The molecule has 0 saturated carbocycles. The van der Waals surface area contributed by atoms with Crippen LogP contribution >= 0.6 is 11.3 Å². The van der Waals surface area contributed by atoms with E-state index in [2.05, 4.69) is 10.1 Å². The van der Waals surface area contributed by atoms with Crippen LogP contribution in [-0.2, 0) is 11.2 Å². The topological polar surface area (TPSA) is 84.6 Å². The SMILES string of the molecule is CN1C(=O)/C(=c2\sc3nc(=O)c(Cc4ccccc4)nn3c2=O)c2ccccc21. The summed E-state index contributed by atoms with van der Waals surface area (Å²) in [4.78, 5) is 44.1. The molecule has 0 N–H and O–H groups in total. The van der Waals surface area contributed by atoms with Crippen LogP contribution in [0.2, 0.25) is 0 Å². The molecular weight excluding hydrogens is 388 g/mol. The van der Waals surface area contributed by atoms with E-state index in [1.807, 2.05) is 48.5 Å². The van der Waals surface area contributed by atoms with Gasteiger partial charge in [-0.2, -0.15) is 14.6 Å². The Kier molecular flexibility index (Phi) is 3.88. The second kappa shape index (κ2) is 6.46. The van der Waals surface area contributed by atoms with Crippen molar-refractivity contribution in [1.82, 2.24) is 14.6 Å². The van der Waals surface area contributed by atoms with E-state index in [1.165, 1.54) is 4.90 Å². The normalized spacial score (nSPS) is 15.2. The highest BCUT2D eigenvalue weighted by Gasteiger charge is 2.31. The molecule has 3 heterocycles. The third-order valence-corrected chi connectivity index (χ3v) is 5.95. The van der Waals surface area contributed by atoms with Gasteiger partial charge in [0, 0.05) is 19.0 Å². The first-order valence-corrected chi connectivity index (χ1v) is 9.74. The summed E-state index contributed by atoms with van der Waals surface area (Å²) in [5.41, 5.74) is 1.93. The van der Waals surface area contributed by atoms with Crippen LogP contribution in [-0.4, -0.2) is 27.6 Å².